The number of nitrogens with one attached hydrogen (secondary N) is 1. The lowest BCUT2D eigenvalue weighted by Gasteiger charge is -1.95. The molecule has 3 aromatic heterocycles. The van der Waals surface area contributed by atoms with Crippen molar-refractivity contribution in [1.29, 1.82) is 0 Å². The molecule has 3 rings (SSSR count). The van der Waals surface area contributed by atoms with Gasteiger partial charge in [0.15, 0.2) is 5.76 Å². The Morgan fingerprint density at radius 3 is 3.16 bits per heavy atom. The molecule has 0 bridgehead atoms. The number of halogens is 1. The third kappa shape index (κ3) is 2.60. The van der Waals surface area contributed by atoms with Gasteiger partial charge >= 0.3 is 0 Å². The third-order valence-electron chi connectivity index (χ3n) is 2.28. The molecule has 1 N–H and O–H groups in total. The van der Waals surface area contributed by atoms with E-state index >= 15 is 0 Å². The molecule has 0 atom stereocenters. The highest BCUT2D eigenvalue weighted by atomic mass is 79.9. The second-order valence-electron chi connectivity index (χ2n) is 3.55. The molecule has 0 unspecified atom stereocenters. The Bertz CT molecular complexity index is 769. The number of nitrogens with zero attached hydrogens (tertiary/aromatic N) is 3. The van der Waals surface area contributed by atoms with Crippen molar-refractivity contribution in [2.75, 3.05) is 0 Å². The molecule has 0 spiro atoms. The van der Waals surface area contributed by atoms with Gasteiger partial charge in [0.2, 0.25) is 10.6 Å². The predicted molar refractivity (Wildman–Crippen MR) is 80.1 cm³/mol. The molecule has 8 heteroatoms. The normalized spacial score (nSPS) is 11.4. The minimum atomic E-state index is 0.415. The van der Waals surface area contributed by atoms with E-state index in [1.165, 1.54) is 4.68 Å². The standard InChI is InChI=1S/C11H7BrN4OS2/c12-7-4-8(19-6-7)5-13-16-10(14-15-11(16)18)9-2-1-3-17-9/h1-6H,(H,15,18)/b13-5-. The Hall–Kier alpha value is -1.51. The number of hydrogen-bond donors (Lipinski definition) is 1. The maximum absolute atomic E-state index is 5.30. The highest BCUT2D eigenvalue weighted by molar-refractivity contribution is 9.10. The Balaban J connectivity index is 1.99. The van der Waals surface area contributed by atoms with Gasteiger partial charge in [-0.1, -0.05) is 0 Å². The lowest BCUT2D eigenvalue weighted by Crippen LogP contribution is -1.93. The number of furan rings is 1. The minimum Gasteiger partial charge on any atom is -0.461 e. The van der Waals surface area contributed by atoms with Crippen LogP contribution in [-0.4, -0.2) is 21.1 Å². The summed E-state index contributed by atoms with van der Waals surface area (Å²) in [6.07, 6.45) is 3.31. The van der Waals surface area contributed by atoms with E-state index in [1.54, 1.807) is 35.9 Å². The van der Waals surface area contributed by atoms with Crippen LogP contribution in [0, 0.1) is 4.77 Å². The van der Waals surface area contributed by atoms with Gasteiger partial charge in [-0.3, -0.25) is 0 Å². The molecule has 0 saturated heterocycles. The fourth-order valence-electron chi connectivity index (χ4n) is 1.47. The van der Waals surface area contributed by atoms with E-state index in [0.717, 1.165) is 9.35 Å². The largest absolute Gasteiger partial charge is 0.461 e. The number of aromatic amines is 1. The molecule has 0 saturated carbocycles. The molecular weight excluding hydrogens is 348 g/mol. The molecule has 0 amide bonds. The van der Waals surface area contributed by atoms with E-state index in [9.17, 15) is 0 Å². The third-order valence-corrected chi connectivity index (χ3v) is 4.17. The quantitative estimate of drug-likeness (QED) is 0.573. The minimum absolute atomic E-state index is 0.415. The fourth-order valence-corrected chi connectivity index (χ4v) is 2.95. The zero-order valence-electron chi connectivity index (χ0n) is 9.41. The second-order valence-corrected chi connectivity index (χ2v) is 5.80. The van der Waals surface area contributed by atoms with Crippen molar-refractivity contribution >= 4 is 45.7 Å². The average molecular weight is 355 g/mol. The summed E-state index contributed by atoms with van der Waals surface area (Å²) in [4.78, 5) is 1.01. The first-order chi connectivity index (χ1) is 9.24. The van der Waals surface area contributed by atoms with E-state index in [4.69, 9.17) is 16.6 Å². The topological polar surface area (TPSA) is 59.1 Å². The maximum Gasteiger partial charge on any atom is 0.219 e. The second kappa shape index (κ2) is 5.24. The van der Waals surface area contributed by atoms with Crippen LogP contribution in [0.4, 0.5) is 0 Å². The maximum atomic E-state index is 5.30. The van der Waals surface area contributed by atoms with Gasteiger partial charge in [-0.2, -0.15) is 9.78 Å². The van der Waals surface area contributed by atoms with Gasteiger partial charge in [-0.25, -0.2) is 5.10 Å². The van der Waals surface area contributed by atoms with Crippen LogP contribution in [-0.2, 0) is 0 Å². The molecule has 0 aliphatic heterocycles. The first-order valence-electron chi connectivity index (χ1n) is 5.24. The van der Waals surface area contributed by atoms with Gasteiger partial charge in [-0.05, 0) is 46.3 Å². The molecule has 3 heterocycles. The summed E-state index contributed by atoms with van der Waals surface area (Å²) >= 11 is 10.1. The summed E-state index contributed by atoms with van der Waals surface area (Å²) < 4.78 is 8.27. The molecule has 0 radical (unpaired) electrons. The van der Waals surface area contributed by atoms with Gasteiger partial charge in [0.1, 0.15) is 0 Å². The van der Waals surface area contributed by atoms with Crippen LogP contribution in [0.3, 0.4) is 0 Å². The summed E-state index contributed by atoms with van der Waals surface area (Å²) in [6.45, 7) is 0. The smallest absolute Gasteiger partial charge is 0.219 e. The van der Waals surface area contributed by atoms with Crippen LogP contribution in [0.1, 0.15) is 4.88 Å². The molecular formula is C11H7BrN4OS2. The van der Waals surface area contributed by atoms with Crippen LogP contribution in [0.2, 0.25) is 0 Å². The van der Waals surface area contributed by atoms with Crippen LogP contribution in [0.15, 0.2) is 43.8 Å². The molecule has 0 aromatic carbocycles. The Morgan fingerprint density at radius 1 is 1.58 bits per heavy atom. The molecule has 0 aliphatic rings. The van der Waals surface area contributed by atoms with Gasteiger partial charge in [0.05, 0.1) is 12.5 Å². The zero-order valence-corrected chi connectivity index (χ0v) is 12.6. The number of thiophene rings is 1. The highest BCUT2D eigenvalue weighted by Gasteiger charge is 2.10. The summed E-state index contributed by atoms with van der Waals surface area (Å²) in [6, 6.07) is 5.57. The number of H-pyrrole nitrogens is 1. The lowest BCUT2D eigenvalue weighted by molar-refractivity contribution is 0.573. The molecule has 96 valence electrons. The number of rotatable bonds is 3. The van der Waals surface area contributed by atoms with E-state index in [-0.39, 0.29) is 0 Å². The van der Waals surface area contributed by atoms with Crippen molar-refractivity contribution in [3.8, 4) is 11.6 Å². The van der Waals surface area contributed by atoms with E-state index in [0.29, 0.717) is 16.4 Å². The summed E-state index contributed by atoms with van der Waals surface area (Å²) in [5.41, 5.74) is 0. The van der Waals surface area contributed by atoms with Crippen molar-refractivity contribution in [1.82, 2.24) is 14.9 Å². The zero-order chi connectivity index (χ0) is 13.2. The monoisotopic (exact) mass is 354 g/mol. The van der Waals surface area contributed by atoms with Crippen molar-refractivity contribution in [3.63, 3.8) is 0 Å². The first-order valence-corrected chi connectivity index (χ1v) is 7.32. The SMILES string of the molecule is S=c1[nH]nc(-c2ccco2)n1/N=C\c1cc(Br)cs1. The van der Waals surface area contributed by atoms with E-state index < -0.39 is 0 Å². The van der Waals surface area contributed by atoms with Gasteiger partial charge in [0, 0.05) is 14.7 Å². The van der Waals surface area contributed by atoms with Gasteiger partial charge < -0.3 is 4.42 Å². The predicted octanol–water partition coefficient (Wildman–Crippen LogP) is 3.91. The number of hydrogen-bond acceptors (Lipinski definition) is 5. The molecule has 5 nitrogen and oxygen atoms in total. The van der Waals surface area contributed by atoms with Crippen molar-refractivity contribution < 1.29 is 4.42 Å². The van der Waals surface area contributed by atoms with Crippen molar-refractivity contribution in [3.05, 3.63) is 44.0 Å². The molecule has 0 aliphatic carbocycles. The molecule has 3 aromatic rings. The van der Waals surface area contributed by atoms with Crippen LogP contribution in [0.25, 0.3) is 11.6 Å². The Labute approximate surface area is 125 Å². The Morgan fingerprint density at radius 2 is 2.47 bits per heavy atom. The summed E-state index contributed by atoms with van der Waals surface area (Å²) in [5, 5.41) is 13.1. The summed E-state index contributed by atoms with van der Waals surface area (Å²) in [5.74, 6) is 1.15. The van der Waals surface area contributed by atoms with E-state index in [1.807, 2.05) is 11.4 Å². The average Bonchev–Trinajstić information content (AvgIpc) is 3.08. The van der Waals surface area contributed by atoms with Crippen molar-refractivity contribution in [2.24, 2.45) is 5.10 Å². The summed E-state index contributed by atoms with van der Waals surface area (Å²) in [7, 11) is 0. The fraction of sp³-hybridized carbons (Fsp3) is 0. The van der Waals surface area contributed by atoms with Gasteiger partial charge in [0.25, 0.3) is 0 Å². The van der Waals surface area contributed by atoms with Crippen LogP contribution < -0.4 is 0 Å². The van der Waals surface area contributed by atoms with Crippen molar-refractivity contribution in [2.45, 2.75) is 0 Å². The Kier molecular flexibility index (Phi) is 3.45. The number of aromatic nitrogens is 3. The molecule has 0 fully saturated rings. The lowest BCUT2D eigenvalue weighted by atomic mass is 10.4. The van der Waals surface area contributed by atoms with Gasteiger partial charge in [-0.15, -0.1) is 16.4 Å². The van der Waals surface area contributed by atoms with E-state index in [2.05, 4.69) is 31.2 Å². The first kappa shape index (κ1) is 12.5. The molecule has 19 heavy (non-hydrogen) atoms. The van der Waals surface area contributed by atoms with Crippen LogP contribution >= 0.6 is 39.5 Å². The van der Waals surface area contributed by atoms with Crippen LogP contribution in [0.5, 0.6) is 0 Å². The highest BCUT2D eigenvalue weighted by Crippen LogP contribution is 2.19.